The lowest BCUT2D eigenvalue weighted by atomic mass is 10.0. The number of nitrogens with zero attached hydrogens (tertiary/aromatic N) is 4. The van der Waals surface area contributed by atoms with Gasteiger partial charge in [-0.1, -0.05) is 26.2 Å². The minimum Gasteiger partial charge on any atom is -0.286 e. The summed E-state index contributed by atoms with van der Waals surface area (Å²) in [6.07, 6.45) is 3.33. The van der Waals surface area contributed by atoms with Crippen molar-refractivity contribution in [3.8, 4) is 0 Å². The summed E-state index contributed by atoms with van der Waals surface area (Å²) in [5, 5.41) is 24.8. The van der Waals surface area contributed by atoms with Gasteiger partial charge < -0.3 is 0 Å². The Hall–Kier alpha value is -2.69. The van der Waals surface area contributed by atoms with E-state index < -0.39 is 16.7 Å². The maximum absolute atomic E-state index is 12.3. The molecule has 25 heavy (non-hydrogen) atoms. The molecule has 1 rings (SSSR count). The molecule has 0 radical (unpaired) electrons. The number of hydrogen-bond donors (Lipinski definition) is 3. The van der Waals surface area contributed by atoms with Crippen molar-refractivity contribution in [3.05, 3.63) is 15.8 Å². The molecule has 1 aromatic heterocycles. The van der Waals surface area contributed by atoms with Crippen LogP contribution in [0.25, 0.3) is 0 Å². The van der Waals surface area contributed by atoms with Crippen molar-refractivity contribution in [1.29, 1.82) is 0 Å². The fraction of sp³-hybridized carbons (Fsp3) is 0.643. The van der Waals surface area contributed by atoms with Crippen LogP contribution in [-0.4, -0.2) is 43.8 Å². The monoisotopic (exact) mass is 356 g/mol. The Morgan fingerprint density at radius 3 is 2.76 bits per heavy atom. The standard InChI is InChI=1S/C14H24N6O5/c1-4-5-6-7-11(8-19(23)9-21)14(22)16-15-13-12(20(24)25)10(2)17-18(13)3/h9,11,15,23H,4-8H2,1-3H3,(H,16,22). The quantitative estimate of drug-likeness (QED) is 0.177. The molecule has 1 atom stereocenters. The molecule has 1 heterocycles. The summed E-state index contributed by atoms with van der Waals surface area (Å²) in [5.41, 5.74) is 4.89. The van der Waals surface area contributed by atoms with E-state index >= 15 is 0 Å². The van der Waals surface area contributed by atoms with Crippen molar-refractivity contribution in [3.63, 3.8) is 0 Å². The zero-order valence-electron chi connectivity index (χ0n) is 14.6. The van der Waals surface area contributed by atoms with Gasteiger partial charge in [-0.15, -0.1) is 0 Å². The first-order valence-corrected chi connectivity index (χ1v) is 7.96. The molecular weight excluding hydrogens is 332 g/mol. The third-order valence-electron chi connectivity index (χ3n) is 3.73. The molecule has 0 fully saturated rings. The zero-order valence-corrected chi connectivity index (χ0v) is 14.6. The number of carbonyl (C=O) groups is 2. The number of anilines is 1. The molecular formula is C14H24N6O5. The highest BCUT2D eigenvalue weighted by atomic mass is 16.6. The third kappa shape index (κ3) is 5.71. The maximum Gasteiger partial charge on any atom is 0.335 e. The molecule has 0 bridgehead atoms. The summed E-state index contributed by atoms with van der Waals surface area (Å²) >= 11 is 0. The summed E-state index contributed by atoms with van der Waals surface area (Å²) in [6.45, 7) is 3.35. The van der Waals surface area contributed by atoms with E-state index in [4.69, 9.17) is 0 Å². The SMILES string of the molecule is CCCCCC(CN(O)C=O)C(=O)NNc1c([N+](=O)[O-])c(C)nn1C. The van der Waals surface area contributed by atoms with Gasteiger partial charge in [0.05, 0.1) is 17.4 Å². The minimum atomic E-state index is -0.650. The molecule has 1 unspecified atom stereocenters. The van der Waals surface area contributed by atoms with E-state index in [2.05, 4.69) is 16.0 Å². The lowest BCUT2D eigenvalue weighted by Gasteiger charge is -2.19. The lowest BCUT2D eigenvalue weighted by Crippen LogP contribution is -2.40. The largest absolute Gasteiger partial charge is 0.335 e. The van der Waals surface area contributed by atoms with E-state index in [9.17, 15) is 24.9 Å². The van der Waals surface area contributed by atoms with E-state index in [1.54, 1.807) is 0 Å². The second-order valence-corrected chi connectivity index (χ2v) is 5.70. The lowest BCUT2D eigenvalue weighted by molar-refractivity contribution is -0.384. The van der Waals surface area contributed by atoms with Crippen molar-refractivity contribution >= 4 is 23.8 Å². The molecule has 0 aliphatic rings. The third-order valence-corrected chi connectivity index (χ3v) is 3.73. The Labute approximate surface area is 145 Å². The van der Waals surface area contributed by atoms with Crippen molar-refractivity contribution in [2.75, 3.05) is 12.0 Å². The number of hydrogen-bond acceptors (Lipinski definition) is 7. The van der Waals surface area contributed by atoms with E-state index in [-0.39, 0.29) is 30.2 Å². The van der Waals surface area contributed by atoms with Crippen molar-refractivity contribution < 1.29 is 19.7 Å². The summed E-state index contributed by atoms with van der Waals surface area (Å²) in [7, 11) is 1.51. The Balaban J connectivity index is 2.79. The van der Waals surface area contributed by atoms with Gasteiger partial charge in [-0.25, -0.2) is 9.75 Å². The smallest absolute Gasteiger partial charge is 0.286 e. The van der Waals surface area contributed by atoms with Crippen LogP contribution in [0.2, 0.25) is 0 Å². The van der Waals surface area contributed by atoms with Gasteiger partial charge in [0.2, 0.25) is 18.1 Å². The number of aromatic nitrogens is 2. The first-order valence-electron chi connectivity index (χ1n) is 7.96. The topological polar surface area (TPSA) is 143 Å². The molecule has 0 aromatic carbocycles. The van der Waals surface area contributed by atoms with Gasteiger partial charge in [-0.3, -0.25) is 35.8 Å². The Morgan fingerprint density at radius 2 is 2.20 bits per heavy atom. The van der Waals surface area contributed by atoms with Gasteiger partial charge in [0.1, 0.15) is 5.69 Å². The molecule has 3 N–H and O–H groups in total. The Morgan fingerprint density at radius 1 is 1.52 bits per heavy atom. The normalized spacial score (nSPS) is 11.7. The molecule has 0 saturated heterocycles. The predicted molar refractivity (Wildman–Crippen MR) is 88.6 cm³/mol. The summed E-state index contributed by atoms with van der Waals surface area (Å²) < 4.78 is 1.25. The fourth-order valence-electron chi connectivity index (χ4n) is 2.44. The van der Waals surface area contributed by atoms with Crippen LogP contribution >= 0.6 is 0 Å². The number of nitro groups is 1. The van der Waals surface area contributed by atoms with Gasteiger partial charge in [-0.05, 0) is 13.3 Å². The Bertz CT molecular complexity index is 617. The number of hydrazine groups is 1. The molecule has 0 saturated carbocycles. The van der Waals surface area contributed by atoms with Crippen LogP contribution in [0.3, 0.4) is 0 Å². The maximum atomic E-state index is 12.3. The van der Waals surface area contributed by atoms with Crippen LogP contribution in [-0.2, 0) is 16.6 Å². The van der Waals surface area contributed by atoms with E-state index in [0.717, 1.165) is 19.3 Å². The molecule has 140 valence electrons. The molecule has 1 aromatic rings. The first-order chi connectivity index (χ1) is 11.8. The zero-order chi connectivity index (χ0) is 19.0. The van der Waals surface area contributed by atoms with Gasteiger partial charge in [0, 0.05) is 7.05 Å². The van der Waals surface area contributed by atoms with E-state index in [1.165, 1.54) is 18.7 Å². The van der Waals surface area contributed by atoms with Crippen LogP contribution in [0.5, 0.6) is 0 Å². The molecule has 0 aliphatic heterocycles. The van der Waals surface area contributed by atoms with Crippen molar-refractivity contribution in [1.82, 2.24) is 20.3 Å². The highest BCUT2D eigenvalue weighted by Gasteiger charge is 2.26. The number of hydroxylamine groups is 2. The predicted octanol–water partition coefficient (Wildman–Crippen LogP) is 1.12. The van der Waals surface area contributed by atoms with Gasteiger partial charge in [0.25, 0.3) is 0 Å². The average Bonchev–Trinajstić information content (AvgIpc) is 2.85. The second-order valence-electron chi connectivity index (χ2n) is 5.70. The molecule has 0 aliphatic carbocycles. The van der Waals surface area contributed by atoms with Crippen LogP contribution in [0, 0.1) is 23.0 Å². The van der Waals surface area contributed by atoms with Gasteiger partial charge >= 0.3 is 5.69 Å². The van der Waals surface area contributed by atoms with Gasteiger partial charge in [0.15, 0.2) is 0 Å². The van der Waals surface area contributed by atoms with Gasteiger partial charge in [-0.2, -0.15) is 5.10 Å². The van der Waals surface area contributed by atoms with E-state index in [0.29, 0.717) is 11.5 Å². The van der Waals surface area contributed by atoms with Crippen LogP contribution in [0.15, 0.2) is 0 Å². The highest BCUT2D eigenvalue weighted by Crippen LogP contribution is 2.26. The number of rotatable bonds is 11. The van der Waals surface area contributed by atoms with Crippen LogP contribution in [0.4, 0.5) is 11.5 Å². The number of unbranched alkanes of at least 4 members (excludes halogenated alkanes) is 2. The van der Waals surface area contributed by atoms with Crippen LogP contribution < -0.4 is 10.9 Å². The average molecular weight is 356 g/mol. The number of nitrogens with one attached hydrogen (secondary N) is 2. The summed E-state index contributed by atoms with van der Waals surface area (Å²) in [4.78, 5) is 33.4. The molecule has 0 spiro atoms. The molecule has 11 heteroatoms. The number of carbonyl (C=O) groups excluding carboxylic acids is 2. The number of amides is 2. The summed E-state index contributed by atoms with van der Waals surface area (Å²) in [5.74, 6) is -1.09. The van der Waals surface area contributed by atoms with Crippen molar-refractivity contribution in [2.45, 2.75) is 39.5 Å². The fourth-order valence-corrected chi connectivity index (χ4v) is 2.44. The number of aryl methyl sites for hydroxylation is 2. The summed E-state index contributed by atoms with van der Waals surface area (Å²) in [6, 6.07) is 0. The Kier molecular flexibility index (Phi) is 7.79. The van der Waals surface area contributed by atoms with E-state index in [1.807, 2.05) is 6.92 Å². The first kappa shape index (κ1) is 20.4. The second kappa shape index (κ2) is 9.57. The van der Waals surface area contributed by atoms with Crippen LogP contribution in [0.1, 0.15) is 38.3 Å². The van der Waals surface area contributed by atoms with Crippen molar-refractivity contribution in [2.24, 2.45) is 13.0 Å². The molecule has 11 nitrogen and oxygen atoms in total. The highest BCUT2D eigenvalue weighted by molar-refractivity contribution is 5.80. The minimum absolute atomic E-state index is 0.0411. The molecule has 2 amide bonds.